The van der Waals surface area contributed by atoms with E-state index in [0.29, 0.717) is 18.8 Å². The van der Waals surface area contributed by atoms with Crippen LogP contribution in [0.4, 0.5) is 0 Å². The Bertz CT molecular complexity index is 365. The second-order valence-electron chi connectivity index (χ2n) is 5.20. The van der Waals surface area contributed by atoms with Gasteiger partial charge in [0.2, 0.25) is 5.91 Å². The van der Waals surface area contributed by atoms with Gasteiger partial charge in [-0.2, -0.15) is 0 Å². The van der Waals surface area contributed by atoms with Crippen LogP contribution in [0.5, 0.6) is 0 Å². The normalized spacial score (nSPS) is 25.5. The highest BCUT2D eigenvalue weighted by molar-refractivity contribution is 7.91. The third kappa shape index (κ3) is 5.04. The second-order valence-corrected chi connectivity index (χ2v) is 7.43. The zero-order valence-corrected chi connectivity index (χ0v) is 11.3. The average molecular weight is 262 g/mol. The Balaban J connectivity index is 2.46. The van der Waals surface area contributed by atoms with Crippen molar-refractivity contribution in [3.05, 3.63) is 0 Å². The highest BCUT2D eigenvalue weighted by atomic mass is 32.2. The van der Waals surface area contributed by atoms with E-state index >= 15 is 0 Å². The average Bonchev–Trinajstić information content (AvgIpc) is 2.14. The van der Waals surface area contributed by atoms with Gasteiger partial charge in [-0.15, -0.1) is 0 Å². The molecule has 1 rings (SSSR count). The Hall–Kier alpha value is -0.620. The first-order chi connectivity index (χ1) is 7.80. The van der Waals surface area contributed by atoms with Crippen LogP contribution in [0.1, 0.15) is 33.1 Å². The van der Waals surface area contributed by atoms with Crippen molar-refractivity contribution in [3.8, 4) is 0 Å². The highest BCUT2D eigenvalue weighted by Gasteiger charge is 2.27. The third-order valence-electron chi connectivity index (χ3n) is 2.87. The first-order valence-corrected chi connectivity index (χ1v) is 7.88. The monoisotopic (exact) mass is 262 g/mol. The number of rotatable bonds is 4. The highest BCUT2D eigenvalue weighted by Crippen LogP contribution is 2.12. The molecule has 0 spiro atoms. The molecule has 17 heavy (non-hydrogen) atoms. The zero-order chi connectivity index (χ0) is 13.1. The molecule has 0 radical (unpaired) electrons. The van der Waals surface area contributed by atoms with Crippen LogP contribution in [0.25, 0.3) is 0 Å². The quantitative estimate of drug-likeness (QED) is 0.749. The lowest BCUT2D eigenvalue weighted by molar-refractivity contribution is -0.123. The summed E-state index contributed by atoms with van der Waals surface area (Å²) in [4.78, 5) is 11.7. The van der Waals surface area contributed by atoms with E-state index in [1.807, 2.05) is 13.8 Å². The lowest BCUT2D eigenvalue weighted by Gasteiger charge is -2.24. The third-order valence-corrected chi connectivity index (χ3v) is 4.69. The van der Waals surface area contributed by atoms with E-state index in [9.17, 15) is 13.2 Å². The van der Waals surface area contributed by atoms with Gasteiger partial charge in [-0.05, 0) is 25.2 Å². The minimum absolute atomic E-state index is 0.0487. The molecule has 0 aromatic heterocycles. The van der Waals surface area contributed by atoms with Crippen LogP contribution in [0.15, 0.2) is 0 Å². The molecule has 0 aromatic rings. The van der Waals surface area contributed by atoms with E-state index in [1.54, 1.807) is 0 Å². The fourth-order valence-electron chi connectivity index (χ4n) is 2.06. The van der Waals surface area contributed by atoms with Crippen LogP contribution >= 0.6 is 0 Å². The lowest BCUT2D eigenvalue weighted by atomic mass is 10.0. The molecule has 1 aliphatic heterocycles. The molecule has 2 atom stereocenters. The number of carbonyl (C=O) groups is 1. The summed E-state index contributed by atoms with van der Waals surface area (Å²) < 4.78 is 22.8. The van der Waals surface area contributed by atoms with E-state index in [2.05, 4.69) is 5.32 Å². The van der Waals surface area contributed by atoms with Crippen molar-refractivity contribution in [2.24, 2.45) is 11.7 Å². The SMILES string of the molecule is CC(C)CC(N)C(=O)NC1CCCS(=O)(=O)C1. The summed E-state index contributed by atoms with van der Waals surface area (Å²) in [7, 11) is -2.98. The molecule has 1 saturated heterocycles. The summed E-state index contributed by atoms with van der Waals surface area (Å²) in [6.07, 6.45) is 1.96. The largest absolute Gasteiger partial charge is 0.351 e. The molecule has 1 heterocycles. The van der Waals surface area contributed by atoms with E-state index in [1.165, 1.54) is 0 Å². The number of hydrogen-bond acceptors (Lipinski definition) is 4. The number of hydrogen-bond donors (Lipinski definition) is 2. The molecule has 2 unspecified atom stereocenters. The summed E-state index contributed by atoms with van der Waals surface area (Å²) in [6.45, 7) is 4.00. The molecular formula is C11H22N2O3S. The maximum Gasteiger partial charge on any atom is 0.237 e. The molecule has 6 heteroatoms. The van der Waals surface area contributed by atoms with Gasteiger partial charge in [-0.25, -0.2) is 8.42 Å². The Kier molecular flexibility index (Phi) is 4.94. The molecule has 1 fully saturated rings. The van der Waals surface area contributed by atoms with E-state index in [0.717, 1.165) is 6.42 Å². The predicted octanol–water partition coefficient (Wildman–Crippen LogP) is 0.0532. The van der Waals surface area contributed by atoms with Gasteiger partial charge < -0.3 is 11.1 Å². The van der Waals surface area contributed by atoms with Crippen molar-refractivity contribution in [2.45, 2.75) is 45.2 Å². The second kappa shape index (κ2) is 5.82. The van der Waals surface area contributed by atoms with Crippen LogP contribution in [0.3, 0.4) is 0 Å². The molecule has 1 aliphatic rings. The van der Waals surface area contributed by atoms with E-state index < -0.39 is 15.9 Å². The molecule has 1 amide bonds. The smallest absolute Gasteiger partial charge is 0.237 e. The van der Waals surface area contributed by atoms with Gasteiger partial charge in [0.05, 0.1) is 17.5 Å². The van der Waals surface area contributed by atoms with Crippen molar-refractivity contribution in [2.75, 3.05) is 11.5 Å². The van der Waals surface area contributed by atoms with Crippen LogP contribution in [-0.4, -0.2) is 37.9 Å². The number of nitrogens with two attached hydrogens (primary N) is 1. The number of carbonyl (C=O) groups excluding carboxylic acids is 1. The van der Waals surface area contributed by atoms with Gasteiger partial charge in [0, 0.05) is 6.04 Å². The summed E-state index contributed by atoms with van der Waals surface area (Å²) in [5, 5.41) is 2.74. The van der Waals surface area contributed by atoms with Crippen molar-refractivity contribution in [1.29, 1.82) is 0 Å². The van der Waals surface area contributed by atoms with Gasteiger partial charge in [-0.3, -0.25) is 4.79 Å². The summed E-state index contributed by atoms with van der Waals surface area (Å²) in [6, 6.07) is -0.806. The van der Waals surface area contributed by atoms with E-state index in [-0.39, 0.29) is 23.5 Å². The van der Waals surface area contributed by atoms with Crippen LogP contribution in [-0.2, 0) is 14.6 Å². The summed E-state index contributed by atoms with van der Waals surface area (Å²) >= 11 is 0. The van der Waals surface area contributed by atoms with Gasteiger partial charge in [0.15, 0.2) is 9.84 Å². The molecule has 0 aromatic carbocycles. The maximum atomic E-state index is 11.7. The fraction of sp³-hybridized carbons (Fsp3) is 0.909. The van der Waals surface area contributed by atoms with E-state index in [4.69, 9.17) is 5.73 Å². The Labute approximate surface area is 103 Å². The first kappa shape index (κ1) is 14.4. The van der Waals surface area contributed by atoms with Crippen LogP contribution in [0.2, 0.25) is 0 Å². The molecule has 0 saturated carbocycles. The molecular weight excluding hydrogens is 240 g/mol. The van der Waals surface area contributed by atoms with Gasteiger partial charge in [0.25, 0.3) is 0 Å². The first-order valence-electron chi connectivity index (χ1n) is 6.06. The van der Waals surface area contributed by atoms with Crippen molar-refractivity contribution >= 4 is 15.7 Å². The van der Waals surface area contributed by atoms with Crippen molar-refractivity contribution in [1.82, 2.24) is 5.32 Å². The number of sulfone groups is 1. The van der Waals surface area contributed by atoms with Crippen molar-refractivity contribution in [3.63, 3.8) is 0 Å². The predicted molar refractivity (Wildman–Crippen MR) is 67.2 cm³/mol. The summed E-state index contributed by atoms with van der Waals surface area (Å²) in [5.74, 6) is 0.400. The standard InChI is InChI=1S/C11H22N2O3S/c1-8(2)6-10(12)11(14)13-9-4-3-5-17(15,16)7-9/h8-10H,3-7,12H2,1-2H3,(H,13,14). The van der Waals surface area contributed by atoms with Gasteiger partial charge in [-0.1, -0.05) is 13.8 Å². The maximum absolute atomic E-state index is 11.7. The lowest BCUT2D eigenvalue weighted by Crippen LogP contribution is -2.49. The zero-order valence-electron chi connectivity index (χ0n) is 10.5. The minimum atomic E-state index is -2.98. The minimum Gasteiger partial charge on any atom is -0.351 e. The molecule has 0 bridgehead atoms. The van der Waals surface area contributed by atoms with Gasteiger partial charge in [0.1, 0.15) is 0 Å². The number of amides is 1. The summed E-state index contributed by atoms with van der Waals surface area (Å²) in [5.41, 5.74) is 5.74. The molecule has 100 valence electrons. The fourth-order valence-corrected chi connectivity index (χ4v) is 3.70. The van der Waals surface area contributed by atoms with Gasteiger partial charge >= 0.3 is 0 Å². The molecule has 5 nitrogen and oxygen atoms in total. The number of nitrogens with one attached hydrogen (secondary N) is 1. The van der Waals surface area contributed by atoms with Crippen LogP contribution < -0.4 is 11.1 Å². The van der Waals surface area contributed by atoms with Crippen molar-refractivity contribution < 1.29 is 13.2 Å². The molecule has 3 N–H and O–H groups in total. The Morgan fingerprint density at radius 3 is 2.65 bits per heavy atom. The van der Waals surface area contributed by atoms with Crippen LogP contribution in [0, 0.1) is 5.92 Å². The Morgan fingerprint density at radius 1 is 1.47 bits per heavy atom. The Morgan fingerprint density at radius 2 is 2.12 bits per heavy atom. The molecule has 0 aliphatic carbocycles. The topological polar surface area (TPSA) is 89.3 Å².